The molecule has 38 heavy (non-hydrogen) atoms. The lowest BCUT2D eigenvalue weighted by molar-refractivity contribution is -0.124. The normalized spacial score (nSPS) is 11.7. The van der Waals surface area contributed by atoms with Gasteiger partial charge in [-0.05, 0) is 60.5 Å². The number of fused-ring (bicyclic) bond motifs is 1. The number of benzene rings is 3. The molecule has 1 N–H and O–H groups in total. The molecule has 1 amide bonds. The fourth-order valence-corrected chi connectivity index (χ4v) is 4.86. The lowest BCUT2D eigenvalue weighted by atomic mass is 9.94. The number of hydrogen-bond acceptors (Lipinski definition) is 5. The van der Waals surface area contributed by atoms with Crippen molar-refractivity contribution in [3.8, 4) is 17.0 Å². The third kappa shape index (κ3) is 6.63. The predicted octanol–water partition coefficient (Wildman–Crippen LogP) is 7.07. The maximum Gasteiger partial charge on any atom is 0.339 e. The van der Waals surface area contributed by atoms with E-state index in [1.54, 1.807) is 25.3 Å². The van der Waals surface area contributed by atoms with Gasteiger partial charge in [-0.2, -0.15) is 0 Å². The molecule has 1 aromatic heterocycles. The Hall–Kier alpha value is -3.61. The highest BCUT2D eigenvalue weighted by Crippen LogP contribution is 2.30. The van der Waals surface area contributed by atoms with Gasteiger partial charge in [0.15, 0.2) is 6.61 Å². The largest absolute Gasteiger partial charge is 0.497 e. The molecular weight excluding hydrogens is 523 g/mol. The van der Waals surface area contributed by atoms with E-state index in [1.165, 1.54) is 0 Å². The molecule has 1 heterocycles. The highest BCUT2D eigenvalue weighted by molar-refractivity contribution is 6.35. The van der Waals surface area contributed by atoms with Crippen molar-refractivity contribution in [3.63, 3.8) is 0 Å². The average molecular weight is 551 g/mol. The fourth-order valence-electron chi connectivity index (χ4n) is 4.30. The number of nitrogens with zero attached hydrogens (tertiary/aromatic N) is 1. The topological polar surface area (TPSA) is 77.5 Å². The minimum atomic E-state index is -0.598. The Bertz CT molecular complexity index is 1440. The van der Waals surface area contributed by atoms with E-state index in [0.29, 0.717) is 38.8 Å². The van der Waals surface area contributed by atoms with Crippen LogP contribution in [0.4, 0.5) is 0 Å². The number of aromatic nitrogens is 1. The standard InChI is InChI=1S/C30H28Cl2N2O4/c1-3-6-20(23-14-11-21(31)15-26(23)32)17-33-29(35)18-38-30(36)25-16-28(19-9-12-22(37-2)13-10-19)34-27-8-5-4-7-24(25)27/h4-5,7-16,20H,3,6,17-18H2,1-2H3,(H,33,35)/t20-/m0/s1. The number of carbonyl (C=O) groups is 2. The molecule has 0 unspecified atom stereocenters. The highest BCUT2D eigenvalue weighted by Gasteiger charge is 2.19. The van der Waals surface area contributed by atoms with Crippen LogP contribution in [0, 0.1) is 0 Å². The van der Waals surface area contributed by atoms with Crippen molar-refractivity contribution < 1.29 is 19.1 Å². The number of nitrogens with one attached hydrogen (secondary N) is 1. The van der Waals surface area contributed by atoms with Crippen molar-refractivity contribution in [2.75, 3.05) is 20.3 Å². The lowest BCUT2D eigenvalue weighted by Crippen LogP contribution is -2.32. The van der Waals surface area contributed by atoms with Gasteiger partial charge in [-0.15, -0.1) is 0 Å². The molecule has 0 bridgehead atoms. The van der Waals surface area contributed by atoms with E-state index in [2.05, 4.69) is 12.2 Å². The second-order valence-corrected chi connectivity index (χ2v) is 9.68. The van der Waals surface area contributed by atoms with E-state index in [9.17, 15) is 9.59 Å². The maximum atomic E-state index is 13.1. The van der Waals surface area contributed by atoms with Crippen LogP contribution in [0.15, 0.2) is 72.8 Å². The molecule has 0 aliphatic heterocycles. The number of amides is 1. The summed E-state index contributed by atoms with van der Waals surface area (Å²) in [7, 11) is 1.60. The number of esters is 1. The van der Waals surface area contributed by atoms with Crippen molar-refractivity contribution in [1.29, 1.82) is 0 Å². The molecule has 0 fully saturated rings. The van der Waals surface area contributed by atoms with Gasteiger partial charge >= 0.3 is 5.97 Å². The molecule has 0 saturated heterocycles. The van der Waals surface area contributed by atoms with Gasteiger partial charge in [-0.3, -0.25) is 4.79 Å². The zero-order valence-electron chi connectivity index (χ0n) is 21.2. The molecule has 0 radical (unpaired) electrons. The van der Waals surface area contributed by atoms with Crippen molar-refractivity contribution in [2.24, 2.45) is 0 Å². The molecule has 6 nitrogen and oxygen atoms in total. The highest BCUT2D eigenvalue weighted by atomic mass is 35.5. The Kier molecular flexibility index (Phi) is 9.21. The summed E-state index contributed by atoms with van der Waals surface area (Å²) >= 11 is 12.4. The first-order valence-electron chi connectivity index (χ1n) is 12.3. The van der Waals surface area contributed by atoms with Crippen LogP contribution in [0.5, 0.6) is 5.75 Å². The van der Waals surface area contributed by atoms with Gasteiger partial charge < -0.3 is 14.8 Å². The van der Waals surface area contributed by atoms with Crippen LogP contribution in [-0.4, -0.2) is 37.1 Å². The summed E-state index contributed by atoms with van der Waals surface area (Å²) in [6.07, 6.45) is 1.75. The summed E-state index contributed by atoms with van der Waals surface area (Å²) < 4.78 is 10.7. The quantitative estimate of drug-likeness (QED) is 0.213. The third-order valence-electron chi connectivity index (χ3n) is 6.24. The Morgan fingerprint density at radius 3 is 2.47 bits per heavy atom. The molecule has 0 saturated carbocycles. The number of ether oxygens (including phenoxy) is 2. The summed E-state index contributed by atoms with van der Waals surface area (Å²) in [4.78, 5) is 30.4. The number of para-hydroxylation sites is 1. The van der Waals surface area contributed by atoms with Gasteiger partial charge in [-0.25, -0.2) is 9.78 Å². The molecule has 0 spiro atoms. The van der Waals surface area contributed by atoms with Crippen LogP contribution >= 0.6 is 23.2 Å². The number of methoxy groups -OCH3 is 1. The van der Waals surface area contributed by atoms with Gasteiger partial charge in [0.05, 0.1) is 23.9 Å². The predicted molar refractivity (Wildman–Crippen MR) is 151 cm³/mol. The van der Waals surface area contributed by atoms with E-state index < -0.39 is 18.5 Å². The van der Waals surface area contributed by atoms with Crippen molar-refractivity contribution in [2.45, 2.75) is 25.7 Å². The first-order valence-corrected chi connectivity index (χ1v) is 13.1. The number of hydrogen-bond donors (Lipinski definition) is 1. The Morgan fingerprint density at radius 2 is 1.76 bits per heavy atom. The number of halogens is 2. The Balaban J connectivity index is 1.46. The molecular formula is C30H28Cl2N2O4. The number of rotatable bonds is 10. The molecule has 0 aliphatic carbocycles. The van der Waals surface area contributed by atoms with E-state index in [1.807, 2.05) is 54.6 Å². The molecule has 8 heteroatoms. The van der Waals surface area contributed by atoms with Gasteiger partial charge in [0.1, 0.15) is 5.75 Å². The summed E-state index contributed by atoms with van der Waals surface area (Å²) in [6.45, 7) is 2.03. The Morgan fingerprint density at radius 1 is 1.00 bits per heavy atom. The van der Waals surface area contributed by atoms with Crippen LogP contribution in [0.1, 0.15) is 41.6 Å². The monoisotopic (exact) mass is 550 g/mol. The minimum absolute atomic E-state index is 0.0145. The van der Waals surface area contributed by atoms with Crippen molar-refractivity contribution in [3.05, 3.63) is 94.0 Å². The molecule has 0 aliphatic rings. The van der Waals surface area contributed by atoms with Crippen molar-refractivity contribution in [1.82, 2.24) is 10.3 Å². The van der Waals surface area contributed by atoms with E-state index in [4.69, 9.17) is 37.7 Å². The summed E-state index contributed by atoms with van der Waals surface area (Å²) in [6, 6.07) is 21.8. The second kappa shape index (κ2) is 12.8. The van der Waals surface area contributed by atoms with Gasteiger partial charge in [0.25, 0.3) is 5.91 Å². The van der Waals surface area contributed by atoms with Gasteiger partial charge in [-0.1, -0.05) is 60.8 Å². The third-order valence-corrected chi connectivity index (χ3v) is 6.80. The fraction of sp³-hybridized carbons (Fsp3) is 0.233. The smallest absolute Gasteiger partial charge is 0.339 e. The zero-order chi connectivity index (χ0) is 27.1. The molecule has 4 rings (SSSR count). The van der Waals surface area contributed by atoms with Crippen molar-refractivity contribution >= 4 is 46.0 Å². The Labute approximate surface area is 231 Å². The molecule has 3 aromatic carbocycles. The molecule has 196 valence electrons. The van der Waals surface area contributed by atoms with E-state index in [0.717, 1.165) is 29.7 Å². The lowest BCUT2D eigenvalue weighted by Gasteiger charge is -2.19. The summed E-state index contributed by atoms with van der Waals surface area (Å²) in [5.41, 5.74) is 3.35. The summed E-state index contributed by atoms with van der Waals surface area (Å²) in [5, 5.41) is 4.64. The maximum absolute atomic E-state index is 13.1. The molecule has 4 aromatic rings. The van der Waals surface area contributed by atoms with Crippen LogP contribution in [-0.2, 0) is 9.53 Å². The van der Waals surface area contributed by atoms with Crippen LogP contribution in [0.2, 0.25) is 10.0 Å². The van der Waals surface area contributed by atoms with Crippen LogP contribution in [0.25, 0.3) is 22.2 Å². The number of pyridine rings is 1. The van der Waals surface area contributed by atoms with E-state index >= 15 is 0 Å². The minimum Gasteiger partial charge on any atom is -0.497 e. The average Bonchev–Trinajstić information content (AvgIpc) is 2.93. The SMILES string of the molecule is CCC[C@@H](CNC(=O)COC(=O)c1cc(-c2ccc(OC)cc2)nc2ccccc12)c1ccc(Cl)cc1Cl. The first-order chi connectivity index (χ1) is 18.4. The zero-order valence-corrected chi connectivity index (χ0v) is 22.7. The second-order valence-electron chi connectivity index (χ2n) is 8.83. The first kappa shape index (κ1) is 27.4. The van der Waals surface area contributed by atoms with Crippen LogP contribution in [0.3, 0.4) is 0 Å². The van der Waals surface area contributed by atoms with E-state index in [-0.39, 0.29) is 5.92 Å². The van der Waals surface area contributed by atoms with Gasteiger partial charge in [0.2, 0.25) is 0 Å². The molecule has 1 atom stereocenters. The number of carbonyl (C=O) groups excluding carboxylic acids is 2. The van der Waals surface area contributed by atoms with Crippen LogP contribution < -0.4 is 10.1 Å². The summed E-state index contributed by atoms with van der Waals surface area (Å²) in [5.74, 6) is -0.252. The van der Waals surface area contributed by atoms with Gasteiger partial charge in [0, 0.05) is 33.5 Å².